The van der Waals surface area contributed by atoms with Gasteiger partial charge in [-0.2, -0.15) is 0 Å². The van der Waals surface area contributed by atoms with Crippen LogP contribution in [-0.2, 0) is 4.79 Å². The van der Waals surface area contributed by atoms with Crippen LogP contribution in [0.5, 0.6) is 0 Å². The molecule has 2 aliphatic rings. The lowest BCUT2D eigenvalue weighted by molar-refractivity contribution is -0.972. The number of halogens is 4. The maximum absolute atomic E-state index is 13.9. The monoisotopic (exact) mass is 609 g/mol. The minimum Gasteiger partial charge on any atom is -0.343 e. The van der Waals surface area contributed by atoms with E-state index in [0.29, 0.717) is 23.0 Å². The summed E-state index contributed by atoms with van der Waals surface area (Å²) in [5.74, 6) is -2.00. The normalized spacial score (nSPS) is 18.9. The van der Waals surface area contributed by atoms with E-state index in [1.807, 2.05) is 26.2 Å². The summed E-state index contributed by atoms with van der Waals surface area (Å²) in [5.41, 5.74) is 0.388. The van der Waals surface area contributed by atoms with Crippen LogP contribution in [0, 0.1) is 11.6 Å². The predicted octanol–water partition coefficient (Wildman–Crippen LogP) is 5.73. The summed E-state index contributed by atoms with van der Waals surface area (Å²) in [4.78, 5) is 30.4. The van der Waals surface area contributed by atoms with Gasteiger partial charge < -0.3 is 19.6 Å². The largest absolute Gasteiger partial charge is 0.343 e. The number of piperidine rings is 2. The molecule has 1 N–H and O–H groups in total. The third kappa shape index (κ3) is 6.87. The molecule has 0 bridgehead atoms. The molecule has 1 unspecified atom stereocenters. The van der Waals surface area contributed by atoms with Gasteiger partial charge in [0.15, 0.2) is 5.54 Å². The van der Waals surface area contributed by atoms with Gasteiger partial charge in [-0.25, -0.2) is 8.78 Å². The van der Waals surface area contributed by atoms with Crippen LogP contribution in [0.3, 0.4) is 0 Å². The third-order valence-corrected chi connectivity index (χ3v) is 9.83. The van der Waals surface area contributed by atoms with Crippen LogP contribution in [0.4, 0.5) is 8.78 Å². The van der Waals surface area contributed by atoms with Crippen molar-refractivity contribution >= 4 is 35.0 Å². The van der Waals surface area contributed by atoms with Crippen LogP contribution in [0.25, 0.3) is 0 Å². The van der Waals surface area contributed by atoms with E-state index in [-0.39, 0.29) is 17.4 Å². The highest BCUT2D eigenvalue weighted by molar-refractivity contribution is 6.42. The van der Waals surface area contributed by atoms with Crippen molar-refractivity contribution in [2.24, 2.45) is 0 Å². The molecule has 41 heavy (non-hydrogen) atoms. The number of quaternary nitrogens is 1. The second-order valence-electron chi connectivity index (χ2n) is 11.9. The molecule has 2 amide bonds. The van der Waals surface area contributed by atoms with Crippen LogP contribution in [-0.4, -0.2) is 92.0 Å². The average Bonchev–Trinajstić information content (AvgIpc) is 2.96. The van der Waals surface area contributed by atoms with Crippen molar-refractivity contribution in [3.8, 4) is 0 Å². The minimum absolute atomic E-state index is 0.0392. The van der Waals surface area contributed by atoms with E-state index in [9.17, 15) is 18.4 Å². The lowest BCUT2D eigenvalue weighted by atomic mass is 9.79. The maximum atomic E-state index is 13.9. The van der Waals surface area contributed by atoms with Gasteiger partial charge in [0.1, 0.15) is 11.6 Å². The van der Waals surface area contributed by atoms with Gasteiger partial charge in [-0.1, -0.05) is 29.3 Å². The van der Waals surface area contributed by atoms with E-state index in [2.05, 4.69) is 5.32 Å². The smallest absolute Gasteiger partial charge is 0.283 e. The Morgan fingerprint density at radius 1 is 0.951 bits per heavy atom. The molecule has 0 aliphatic carbocycles. The first-order valence-electron chi connectivity index (χ1n) is 14.4. The predicted molar refractivity (Wildman–Crippen MR) is 159 cm³/mol. The molecule has 2 aromatic carbocycles. The van der Waals surface area contributed by atoms with Crippen molar-refractivity contribution in [1.82, 2.24) is 15.1 Å². The Bertz CT molecular complexity index is 1230. The van der Waals surface area contributed by atoms with Gasteiger partial charge in [-0.3, -0.25) is 9.59 Å². The Morgan fingerprint density at radius 3 is 2.17 bits per heavy atom. The van der Waals surface area contributed by atoms with Gasteiger partial charge in [0.25, 0.3) is 11.8 Å². The van der Waals surface area contributed by atoms with Crippen molar-refractivity contribution < 1.29 is 22.9 Å². The standard InChI is InChI=1S/C31H41Cl2F2N4O2/c1-37(2)30(41)31(10-12-36-13-11-31)39(14-5-4-6-15-39)16-9-23(22-7-8-27(32)28(33)19-22)21-38(3)29(40)24-17-25(34)20-26(35)18-24/h7-8,17-20,23,36H,4-6,9-16,21H2,1-3H3/q+1. The molecule has 2 saturated heterocycles. The first-order valence-corrected chi connectivity index (χ1v) is 15.2. The molecular weight excluding hydrogens is 569 g/mol. The summed E-state index contributed by atoms with van der Waals surface area (Å²) >= 11 is 12.7. The lowest BCUT2D eigenvalue weighted by Gasteiger charge is -2.56. The molecule has 2 fully saturated rings. The zero-order valence-corrected chi connectivity index (χ0v) is 25.7. The van der Waals surface area contributed by atoms with Crippen LogP contribution in [0.1, 0.15) is 60.4 Å². The molecular formula is C31H41Cl2F2N4O2+. The summed E-state index contributed by atoms with van der Waals surface area (Å²) in [7, 11) is 5.34. The van der Waals surface area contributed by atoms with Gasteiger partial charge in [0, 0.05) is 77.6 Å². The van der Waals surface area contributed by atoms with Crippen molar-refractivity contribution in [2.45, 2.75) is 50.0 Å². The number of amides is 2. The fraction of sp³-hybridized carbons (Fsp3) is 0.548. The summed E-state index contributed by atoms with van der Waals surface area (Å²) in [6.45, 7) is 4.55. The Balaban J connectivity index is 1.66. The molecule has 224 valence electrons. The van der Waals surface area contributed by atoms with E-state index in [0.717, 1.165) is 93.1 Å². The Kier molecular flexibility index (Phi) is 10.3. The second-order valence-corrected chi connectivity index (χ2v) is 12.7. The molecule has 2 aromatic rings. The first kappa shape index (κ1) is 31.7. The molecule has 0 aromatic heterocycles. The van der Waals surface area contributed by atoms with E-state index in [1.165, 1.54) is 4.90 Å². The van der Waals surface area contributed by atoms with Gasteiger partial charge in [0.2, 0.25) is 0 Å². The van der Waals surface area contributed by atoms with Gasteiger partial charge in [-0.15, -0.1) is 0 Å². The van der Waals surface area contributed by atoms with Crippen molar-refractivity contribution in [1.29, 1.82) is 0 Å². The number of hydrogen-bond acceptors (Lipinski definition) is 3. The topological polar surface area (TPSA) is 52.7 Å². The number of hydrogen-bond donors (Lipinski definition) is 1. The quantitative estimate of drug-likeness (QED) is 0.370. The SMILES string of the molecule is CN(C)C(=O)C1([N+]2(CCC(CN(C)C(=O)c3cc(F)cc(F)c3)c3ccc(Cl)c(Cl)c3)CCCCC2)CCNCC1. The Morgan fingerprint density at radius 2 is 1.59 bits per heavy atom. The summed E-state index contributed by atoms with van der Waals surface area (Å²) in [6.07, 6.45) is 5.55. The van der Waals surface area contributed by atoms with Crippen LogP contribution in [0.15, 0.2) is 36.4 Å². The highest BCUT2D eigenvalue weighted by Gasteiger charge is 2.57. The van der Waals surface area contributed by atoms with Gasteiger partial charge >= 0.3 is 0 Å². The lowest BCUT2D eigenvalue weighted by Crippen LogP contribution is -2.74. The van der Waals surface area contributed by atoms with E-state index in [1.54, 1.807) is 18.0 Å². The molecule has 0 saturated carbocycles. The molecule has 4 rings (SSSR count). The number of carbonyl (C=O) groups excluding carboxylic acids is 2. The summed E-state index contributed by atoms with van der Waals surface area (Å²) in [5, 5.41) is 4.32. The van der Waals surface area contributed by atoms with Crippen LogP contribution >= 0.6 is 23.2 Å². The number of nitrogens with one attached hydrogen (secondary N) is 1. The highest BCUT2D eigenvalue weighted by atomic mass is 35.5. The first-order chi connectivity index (χ1) is 19.5. The number of rotatable bonds is 9. The van der Waals surface area contributed by atoms with E-state index < -0.39 is 23.1 Å². The fourth-order valence-corrected chi connectivity index (χ4v) is 7.28. The number of carbonyl (C=O) groups is 2. The number of likely N-dealkylation sites (tertiary alicyclic amines) is 1. The van der Waals surface area contributed by atoms with Crippen LogP contribution in [0.2, 0.25) is 10.0 Å². The molecule has 0 spiro atoms. The number of nitrogens with zero attached hydrogens (tertiary/aromatic N) is 3. The molecule has 2 heterocycles. The van der Waals surface area contributed by atoms with Crippen molar-refractivity contribution in [3.05, 3.63) is 69.2 Å². The zero-order chi connectivity index (χ0) is 29.8. The summed E-state index contributed by atoms with van der Waals surface area (Å²) < 4.78 is 28.5. The number of likely N-dealkylation sites (N-methyl/N-ethyl adjacent to an activating group) is 2. The summed E-state index contributed by atoms with van der Waals surface area (Å²) in [6, 6.07) is 8.37. The van der Waals surface area contributed by atoms with E-state index in [4.69, 9.17) is 23.2 Å². The van der Waals surface area contributed by atoms with E-state index >= 15 is 0 Å². The molecule has 2 aliphatic heterocycles. The zero-order valence-electron chi connectivity index (χ0n) is 24.2. The van der Waals surface area contributed by atoms with Crippen molar-refractivity contribution in [3.63, 3.8) is 0 Å². The molecule has 10 heteroatoms. The Labute approximate surface area is 252 Å². The Hall–Kier alpha value is -2.26. The van der Waals surface area contributed by atoms with Crippen LogP contribution < -0.4 is 5.32 Å². The fourth-order valence-electron chi connectivity index (χ4n) is 6.97. The average molecular weight is 611 g/mol. The molecule has 1 atom stereocenters. The van der Waals surface area contributed by atoms with Gasteiger partial charge in [-0.05, 0) is 49.1 Å². The maximum Gasteiger partial charge on any atom is 0.283 e. The highest BCUT2D eigenvalue weighted by Crippen LogP contribution is 2.40. The number of benzene rings is 2. The van der Waals surface area contributed by atoms with Gasteiger partial charge in [0.05, 0.1) is 29.7 Å². The minimum atomic E-state index is -0.794. The van der Waals surface area contributed by atoms with Crippen molar-refractivity contribution in [2.75, 3.05) is 60.4 Å². The third-order valence-electron chi connectivity index (χ3n) is 9.09. The molecule has 6 nitrogen and oxygen atoms in total. The molecule has 0 radical (unpaired) electrons. The second kappa shape index (κ2) is 13.4.